The molecule has 1 N–H and O–H groups in total. The van der Waals surface area contributed by atoms with E-state index in [9.17, 15) is 23.2 Å². The number of hydrogen-bond acceptors (Lipinski definition) is 10. The van der Waals surface area contributed by atoms with E-state index in [-0.39, 0.29) is 48.8 Å². The summed E-state index contributed by atoms with van der Waals surface area (Å²) in [5.74, 6) is 0.677. The first-order valence-corrected chi connectivity index (χ1v) is 16.5. The van der Waals surface area contributed by atoms with E-state index in [1.54, 1.807) is 29.2 Å². The van der Waals surface area contributed by atoms with E-state index < -0.39 is 29.2 Å². The summed E-state index contributed by atoms with van der Waals surface area (Å²) in [6.45, 7) is 11.7. The zero-order valence-corrected chi connectivity index (χ0v) is 30.7. The van der Waals surface area contributed by atoms with Crippen molar-refractivity contribution in [2.75, 3.05) is 32.8 Å². The maximum atomic E-state index is 14.1. The van der Waals surface area contributed by atoms with Gasteiger partial charge in [-0.1, -0.05) is 27.4 Å². The highest BCUT2D eigenvalue weighted by atomic mass is 19.4. The molecule has 1 atom stereocenters. The number of ether oxygens (including phenoxy) is 4. The van der Waals surface area contributed by atoms with Gasteiger partial charge in [0, 0.05) is 18.5 Å². The van der Waals surface area contributed by atoms with Gasteiger partial charge in [0.25, 0.3) is 0 Å². The third-order valence-corrected chi connectivity index (χ3v) is 8.23. The molecule has 0 aliphatic heterocycles. The zero-order valence-electron chi connectivity index (χ0n) is 30.7. The molecule has 2 heterocycles. The Morgan fingerprint density at radius 2 is 1.62 bits per heavy atom. The molecular weight excluding hydrogens is 691 g/mol. The lowest BCUT2D eigenvalue weighted by Crippen LogP contribution is -2.38. The van der Waals surface area contributed by atoms with Crippen LogP contribution in [0.2, 0.25) is 0 Å². The van der Waals surface area contributed by atoms with Crippen LogP contribution in [0, 0.1) is 16.7 Å². The molecule has 0 aliphatic carbocycles. The molecule has 0 radical (unpaired) electrons. The van der Waals surface area contributed by atoms with Crippen molar-refractivity contribution in [1.82, 2.24) is 15.0 Å². The highest BCUT2D eigenvalue weighted by Crippen LogP contribution is 2.49. The molecule has 14 heteroatoms. The summed E-state index contributed by atoms with van der Waals surface area (Å²) in [7, 11) is 4.52. The molecule has 4 aromatic rings. The second kappa shape index (κ2) is 16.7. The number of nitrogens with zero attached hydrogens (tertiary/aromatic N) is 5. The SMILES string of the molecule is C=C(C)c1ccc(OC)c(-c2cc(OC)c(OC)cc2C(N(Cc2cc(C#N)cc(C(F)(F)F)c2)c2ncc(OCCCC(=O)O)cn2)C(C)(C)C)n1. The second-order valence-electron chi connectivity index (χ2n) is 13.3. The number of pyridine rings is 1. The summed E-state index contributed by atoms with van der Waals surface area (Å²) >= 11 is 0. The molecule has 1 unspecified atom stereocenters. The Balaban J connectivity index is 2.02. The van der Waals surface area contributed by atoms with Gasteiger partial charge in [0.2, 0.25) is 5.95 Å². The van der Waals surface area contributed by atoms with Gasteiger partial charge in [-0.2, -0.15) is 18.4 Å². The summed E-state index contributed by atoms with van der Waals surface area (Å²) in [6, 6.07) is 11.5. The zero-order chi connectivity index (χ0) is 39.1. The van der Waals surface area contributed by atoms with Crippen molar-refractivity contribution in [2.24, 2.45) is 5.41 Å². The molecular formula is C39H42F3N5O6. The van der Waals surface area contributed by atoms with Gasteiger partial charge >= 0.3 is 12.1 Å². The lowest BCUT2D eigenvalue weighted by molar-refractivity contribution is -0.138. The number of carboxylic acid groups (broad SMARTS) is 1. The average Bonchev–Trinajstić information content (AvgIpc) is 3.11. The molecule has 0 spiro atoms. The van der Waals surface area contributed by atoms with Crippen molar-refractivity contribution < 1.29 is 42.0 Å². The van der Waals surface area contributed by atoms with Crippen LogP contribution < -0.4 is 23.8 Å². The van der Waals surface area contributed by atoms with Gasteiger partial charge in [-0.15, -0.1) is 0 Å². The molecule has 0 saturated heterocycles. The largest absolute Gasteiger partial charge is 0.494 e. The fourth-order valence-electron chi connectivity index (χ4n) is 5.90. The first kappa shape index (κ1) is 39.9. The minimum Gasteiger partial charge on any atom is -0.494 e. The van der Waals surface area contributed by atoms with Crippen LogP contribution in [0.4, 0.5) is 19.1 Å². The van der Waals surface area contributed by atoms with Crippen molar-refractivity contribution in [3.05, 3.63) is 89.4 Å². The summed E-state index contributed by atoms with van der Waals surface area (Å²) in [5, 5.41) is 18.7. The van der Waals surface area contributed by atoms with E-state index in [1.807, 2.05) is 33.8 Å². The van der Waals surface area contributed by atoms with Crippen LogP contribution in [-0.2, 0) is 17.5 Å². The average molecular weight is 734 g/mol. The van der Waals surface area contributed by atoms with Gasteiger partial charge in [0.1, 0.15) is 11.4 Å². The molecule has 2 aromatic carbocycles. The molecule has 11 nitrogen and oxygen atoms in total. The lowest BCUT2D eigenvalue weighted by Gasteiger charge is -2.42. The van der Waals surface area contributed by atoms with E-state index in [2.05, 4.69) is 16.5 Å². The molecule has 4 rings (SSSR count). The predicted octanol–water partition coefficient (Wildman–Crippen LogP) is 8.53. The number of rotatable bonds is 15. The Morgan fingerprint density at radius 3 is 2.17 bits per heavy atom. The van der Waals surface area contributed by atoms with Crippen LogP contribution in [0.15, 0.2) is 61.4 Å². The fourth-order valence-corrected chi connectivity index (χ4v) is 5.90. The van der Waals surface area contributed by atoms with Crippen LogP contribution in [0.5, 0.6) is 23.0 Å². The Hall–Kier alpha value is -5.84. The van der Waals surface area contributed by atoms with Gasteiger partial charge in [-0.25, -0.2) is 15.0 Å². The number of carbonyl (C=O) groups is 1. The van der Waals surface area contributed by atoms with E-state index in [1.165, 1.54) is 39.8 Å². The van der Waals surface area contributed by atoms with Crippen molar-refractivity contribution in [3.8, 4) is 40.3 Å². The topological polar surface area (TPSA) is 140 Å². The smallest absolute Gasteiger partial charge is 0.416 e. The van der Waals surface area contributed by atoms with Gasteiger partial charge in [0.15, 0.2) is 17.2 Å². The Morgan fingerprint density at radius 1 is 0.981 bits per heavy atom. The number of anilines is 1. The van der Waals surface area contributed by atoms with Crippen molar-refractivity contribution in [2.45, 2.75) is 59.3 Å². The highest BCUT2D eigenvalue weighted by molar-refractivity contribution is 5.76. The predicted molar refractivity (Wildman–Crippen MR) is 193 cm³/mol. The van der Waals surface area contributed by atoms with Gasteiger partial charge in [0.05, 0.1) is 69.3 Å². The first-order chi connectivity index (χ1) is 25.0. The third-order valence-electron chi connectivity index (χ3n) is 8.23. The summed E-state index contributed by atoms with van der Waals surface area (Å²) in [5.41, 5.74) is 1.34. The van der Waals surface area contributed by atoms with Gasteiger partial charge in [-0.05, 0) is 77.9 Å². The number of benzene rings is 2. The van der Waals surface area contributed by atoms with Crippen LogP contribution in [0.3, 0.4) is 0 Å². The number of hydrogen-bond donors (Lipinski definition) is 1. The summed E-state index contributed by atoms with van der Waals surface area (Å²) in [4.78, 5) is 26.8. The highest BCUT2D eigenvalue weighted by Gasteiger charge is 2.38. The summed E-state index contributed by atoms with van der Waals surface area (Å²) in [6.07, 6.45) is -1.69. The van der Waals surface area contributed by atoms with Crippen molar-refractivity contribution >= 4 is 17.5 Å². The van der Waals surface area contributed by atoms with Crippen molar-refractivity contribution in [3.63, 3.8) is 0 Å². The number of allylic oxidation sites excluding steroid dienone is 1. The van der Waals surface area contributed by atoms with E-state index >= 15 is 0 Å². The number of aromatic nitrogens is 3. The molecule has 0 saturated carbocycles. The number of nitriles is 1. The molecule has 53 heavy (non-hydrogen) atoms. The maximum Gasteiger partial charge on any atom is 0.416 e. The van der Waals surface area contributed by atoms with Crippen molar-refractivity contribution in [1.29, 1.82) is 5.26 Å². The standard InChI is InChI=1S/C39H42F3N5O6/c1-23(2)30-11-12-31(50-6)35(46-30)28-17-32(51-7)33(52-8)18-29(28)36(38(3,4)5)47(22-25-14-24(19-43)15-26(16-25)39(40,41)42)37-44-20-27(21-45-37)53-13-9-10-34(48)49/h11-12,14-18,20-21,36H,1,9-10,13,22H2,2-8H3,(H,48,49). The molecule has 0 fully saturated rings. The Kier molecular flexibility index (Phi) is 12.6. The van der Waals surface area contributed by atoms with E-state index in [0.717, 1.165) is 12.1 Å². The fraction of sp³-hybridized carbons (Fsp3) is 0.359. The van der Waals surface area contributed by atoms with E-state index in [4.69, 9.17) is 29.0 Å². The Bertz CT molecular complexity index is 1990. The number of methoxy groups -OCH3 is 3. The van der Waals surface area contributed by atoms with Crippen LogP contribution in [-0.4, -0.2) is 54.0 Å². The van der Waals surface area contributed by atoms with Crippen LogP contribution >= 0.6 is 0 Å². The molecule has 280 valence electrons. The Labute approximate surface area is 306 Å². The van der Waals surface area contributed by atoms with Crippen LogP contribution in [0.25, 0.3) is 16.8 Å². The maximum absolute atomic E-state index is 14.1. The quantitative estimate of drug-likeness (QED) is 0.118. The monoisotopic (exact) mass is 733 g/mol. The number of aliphatic carboxylic acids is 1. The lowest BCUT2D eigenvalue weighted by atomic mass is 9.78. The minimum absolute atomic E-state index is 0.0791. The molecule has 0 bridgehead atoms. The number of carboxylic acids is 1. The first-order valence-electron chi connectivity index (χ1n) is 16.5. The number of alkyl halides is 3. The van der Waals surface area contributed by atoms with Gasteiger partial charge in [-0.3, -0.25) is 4.79 Å². The normalized spacial score (nSPS) is 12.0. The second-order valence-corrected chi connectivity index (χ2v) is 13.3. The minimum atomic E-state index is -4.71. The summed E-state index contributed by atoms with van der Waals surface area (Å²) < 4.78 is 65.2. The van der Waals surface area contributed by atoms with Gasteiger partial charge < -0.3 is 29.0 Å². The number of halogens is 3. The molecule has 0 amide bonds. The van der Waals surface area contributed by atoms with Crippen LogP contribution in [0.1, 0.15) is 74.5 Å². The molecule has 0 aliphatic rings. The van der Waals surface area contributed by atoms with E-state index in [0.29, 0.717) is 45.3 Å². The third kappa shape index (κ3) is 9.73. The molecule has 2 aromatic heterocycles.